The normalized spacial score (nSPS) is 10.7. The van der Waals surface area contributed by atoms with Gasteiger partial charge in [-0.25, -0.2) is 4.79 Å². The zero-order valence-corrected chi connectivity index (χ0v) is 14.4. The van der Waals surface area contributed by atoms with Gasteiger partial charge in [0.2, 0.25) is 5.91 Å². The van der Waals surface area contributed by atoms with E-state index in [1.165, 1.54) is 23.1 Å². The van der Waals surface area contributed by atoms with Gasteiger partial charge in [0, 0.05) is 6.20 Å². The van der Waals surface area contributed by atoms with E-state index in [1.54, 1.807) is 18.4 Å². The quantitative estimate of drug-likeness (QED) is 0.536. The fourth-order valence-corrected chi connectivity index (χ4v) is 3.50. The van der Waals surface area contributed by atoms with Gasteiger partial charge in [-0.1, -0.05) is 17.8 Å². The van der Waals surface area contributed by atoms with E-state index in [0.29, 0.717) is 15.7 Å². The fourth-order valence-electron chi connectivity index (χ4n) is 1.99. The van der Waals surface area contributed by atoms with Gasteiger partial charge in [-0.15, -0.1) is 21.5 Å². The zero-order chi connectivity index (χ0) is 16.9. The van der Waals surface area contributed by atoms with Crippen LogP contribution in [0.3, 0.4) is 0 Å². The summed E-state index contributed by atoms with van der Waals surface area (Å²) >= 11 is 2.56. The number of carbonyl (C=O) groups is 2. The lowest BCUT2D eigenvalue weighted by molar-refractivity contribution is -0.113. The molecule has 0 saturated carbocycles. The second-order valence-electron chi connectivity index (χ2n) is 4.63. The monoisotopic (exact) mass is 362 g/mol. The second-order valence-corrected chi connectivity index (χ2v) is 6.49. The summed E-state index contributed by atoms with van der Waals surface area (Å²) in [6, 6.07) is 7.22. The Labute approximate surface area is 146 Å². The maximum atomic E-state index is 12.1. The molecule has 0 fully saturated rings. The van der Waals surface area contributed by atoms with E-state index in [9.17, 15) is 9.59 Å². The molecule has 0 aromatic carbocycles. The summed E-state index contributed by atoms with van der Waals surface area (Å²) in [7, 11) is 0. The summed E-state index contributed by atoms with van der Waals surface area (Å²) in [6.45, 7) is 2.03. The maximum Gasteiger partial charge on any atom is 0.341 e. The van der Waals surface area contributed by atoms with E-state index in [1.807, 2.05) is 28.8 Å². The summed E-state index contributed by atoms with van der Waals surface area (Å²) in [5, 5.41) is 13.7. The van der Waals surface area contributed by atoms with Crippen molar-refractivity contribution in [1.82, 2.24) is 14.6 Å². The average molecular weight is 362 g/mol. The first kappa shape index (κ1) is 16.5. The zero-order valence-electron chi connectivity index (χ0n) is 12.8. The number of esters is 1. The van der Waals surface area contributed by atoms with Crippen LogP contribution in [0.4, 0.5) is 5.00 Å². The molecule has 0 aliphatic carbocycles. The number of hydrogen-bond acceptors (Lipinski definition) is 7. The molecule has 1 N–H and O–H groups in total. The minimum Gasteiger partial charge on any atom is -0.462 e. The van der Waals surface area contributed by atoms with E-state index in [0.717, 1.165) is 5.65 Å². The van der Waals surface area contributed by atoms with Gasteiger partial charge >= 0.3 is 5.97 Å². The number of anilines is 1. The molecule has 0 radical (unpaired) electrons. The molecule has 0 aliphatic rings. The van der Waals surface area contributed by atoms with Crippen LogP contribution in [-0.4, -0.2) is 38.8 Å². The SMILES string of the molecule is CCOC(=O)c1ccsc1NC(=O)CSc1nnc2ccccn12. The lowest BCUT2D eigenvalue weighted by atomic mass is 10.3. The minimum absolute atomic E-state index is 0.163. The van der Waals surface area contributed by atoms with Gasteiger partial charge in [0.15, 0.2) is 10.8 Å². The molecule has 124 valence electrons. The first-order valence-corrected chi connectivity index (χ1v) is 9.02. The molecule has 3 aromatic rings. The molecule has 1 amide bonds. The number of nitrogens with zero attached hydrogens (tertiary/aromatic N) is 3. The molecule has 3 heterocycles. The summed E-state index contributed by atoms with van der Waals surface area (Å²) in [6.07, 6.45) is 1.84. The molecule has 0 spiro atoms. The first-order valence-electron chi connectivity index (χ1n) is 7.16. The molecule has 7 nitrogen and oxygen atoms in total. The molecule has 3 rings (SSSR count). The van der Waals surface area contributed by atoms with Crippen LogP contribution in [0, 0.1) is 0 Å². The predicted molar refractivity (Wildman–Crippen MR) is 92.6 cm³/mol. The van der Waals surface area contributed by atoms with Crippen molar-refractivity contribution in [2.45, 2.75) is 12.1 Å². The smallest absolute Gasteiger partial charge is 0.341 e. The van der Waals surface area contributed by atoms with Gasteiger partial charge in [-0.3, -0.25) is 9.20 Å². The lowest BCUT2D eigenvalue weighted by Gasteiger charge is -2.05. The van der Waals surface area contributed by atoms with Crippen LogP contribution < -0.4 is 5.32 Å². The predicted octanol–water partition coefficient (Wildman–Crippen LogP) is 2.70. The van der Waals surface area contributed by atoms with E-state index < -0.39 is 5.97 Å². The molecule has 3 aromatic heterocycles. The van der Waals surface area contributed by atoms with Gasteiger partial charge in [0.25, 0.3) is 0 Å². The second kappa shape index (κ2) is 7.45. The molecule has 9 heteroatoms. The number of aromatic nitrogens is 3. The van der Waals surface area contributed by atoms with Gasteiger partial charge < -0.3 is 10.1 Å². The Balaban J connectivity index is 1.62. The highest BCUT2D eigenvalue weighted by atomic mass is 32.2. The fraction of sp³-hybridized carbons (Fsp3) is 0.200. The van der Waals surface area contributed by atoms with Gasteiger partial charge in [-0.05, 0) is 30.5 Å². The highest BCUT2D eigenvalue weighted by Crippen LogP contribution is 2.25. The lowest BCUT2D eigenvalue weighted by Crippen LogP contribution is -2.16. The van der Waals surface area contributed by atoms with Crippen molar-refractivity contribution < 1.29 is 14.3 Å². The number of rotatable bonds is 6. The van der Waals surface area contributed by atoms with Crippen LogP contribution in [0.15, 0.2) is 41.0 Å². The van der Waals surface area contributed by atoms with Crippen LogP contribution >= 0.6 is 23.1 Å². The highest BCUT2D eigenvalue weighted by molar-refractivity contribution is 7.99. The molecule has 24 heavy (non-hydrogen) atoms. The van der Waals surface area contributed by atoms with Gasteiger partial charge in [-0.2, -0.15) is 0 Å². The number of fused-ring (bicyclic) bond motifs is 1. The number of nitrogens with one attached hydrogen (secondary N) is 1. The van der Waals surface area contributed by atoms with E-state index in [2.05, 4.69) is 15.5 Å². The van der Waals surface area contributed by atoms with Crippen LogP contribution in [0.25, 0.3) is 5.65 Å². The number of pyridine rings is 1. The largest absolute Gasteiger partial charge is 0.462 e. The molecular weight excluding hydrogens is 348 g/mol. The molecule has 0 saturated heterocycles. The third-order valence-electron chi connectivity index (χ3n) is 3.03. The average Bonchev–Trinajstić information content (AvgIpc) is 3.20. The van der Waals surface area contributed by atoms with Crippen molar-refractivity contribution in [2.24, 2.45) is 0 Å². The summed E-state index contributed by atoms with van der Waals surface area (Å²) in [5.74, 6) is -0.499. The minimum atomic E-state index is -0.440. The number of carbonyl (C=O) groups excluding carboxylic acids is 2. The Bertz CT molecular complexity index is 874. The Hall–Kier alpha value is -2.39. The third kappa shape index (κ3) is 3.57. The molecule has 0 aliphatic heterocycles. The number of ether oxygens (including phenoxy) is 1. The van der Waals surface area contributed by atoms with Crippen LogP contribution in [0.2, 0.25) is 0 Å². The summed E-state index contributed by atoms with van der Waals surface area (Å²) in [4.78, 5) is 23.9. The Morgan fingerprint density at radius 2 is 2.21 bits per heavy atom. The van der Waals surface area contributed by atoms with E-state index >= 15 is 0 Å². The topological polar surface area (TPSA) is 85.6 Å². The van der Waals surface area contributed by atoms with Crippen molar-refractivity contribution in [1.29, 1.82) is 0 Å². The van der Waals surface area contributed by atoms with Crippen molar-refractivity contribution in [3.63, 3.8) is 0 Å². The number of amides is 1. The standard InChI is InChI=1S/C15H14N4O3S2/c1-2-22-14(21)10-6-8-23-13(10)16-12(20)9-24-15-18-17-11-5-3-4-7-19(11)15/h3-8H,2,9H2,1H3,(H,16,20). The maximum absolute atomic E-state index is 12.1. The van der Waals surface area contributed by atoms with Gasteiger partial charge in [0.05, 0.1) is 17.9 Å². The van der Waals surface area contributed by atoms with Crippen LogP contribution in [0.5, 0.6) is 0 Å². The molecule has 0 bridgehead atoms. The highest BCUT2D eigenvalue weighted by Gasteiger charge is 2.16. The van der Waals surface area contributed by atoms with E-state index in [-0.39, 0.29) is 18.3 Å². The van der Waals surface area contributed by atoms with Crippen molar-refractivity contribution in [3.8, 4) is 0 Å². The number of thiophene rings is 1. The first-order chi connectivity index (χ1) is 11.7. The van der Waals surface area contributed by atoms with Crippen molar-refractivity contribution in [3.05, 3.63) is 41.4 Å². The molecular formula is C15H14N4O3S2. The Kier molecular flexibility index (Phi) is 5.11. The summed E-state index contributed by atoms with van der Waals surface area (Å²) in [5.41, 5.74) is 1.09. The third-order valence-corrected chi connectivity index (χ3v) is 4.80. The summed E-state index contributed by atoms with van der Waals surface area (Å²) < 4.78 is 6.78. The van der Waals surface area contributed by atoms with Crippen LogP contribution in [0.1, 0.15) is 17.3 Å². The van der Waals surface area contributed by atoms with Crippen molar-refractivity contribution >= 4 is 45.6 Å². The molecule has 0 unspecified atom stereocenters. The Morgan fingerprint density at radius 3 is 3.04 bits per heavy atom. The number of hydrogen-bond donors (Lipinski definition) is 1. The van der Waals surface area contributed by atoms with Crippen molar-refractivity contribution in [2.75, 3.05) is 17.7 Å². The Morgan fingerprint density at radius 1 is 1.33 bits per heavy atom. The van der Waals surface area contributed by atoms with Gasteiger partial charge in [0.1, 0.15) is 5.00 Å². The number of thioether (sulfide) groups is 1. The molecule has 0 atom stereocenters. The van der Waals surface area contributed by atoms with E-state index in [4.69, 9.17) is 4.74 Å². The van der Waals surface area contributed by atoms with Crippen LogP contribution in [-0.2, 0) is 9.53 Å².